The zero-order chi connectivity index (χ0) is 13.8. The molecule has 2 heterocycles. The summed E-state index contributed by atoms with van der Waals surface area (Å²) in [4.78, 5) is 2.39. The molecule has 0 atom stereocenters. The van der Waals surface area contributed by atoms with Crippen molar-refractivity contribution in [1.82, 2.24) is 15.5 Å². The zero-order valence-corrected chi connectivity index (χ0v) is 11.7. The summed E-state index contributed by atoms with van der Waals surface area (Å²) in [5.74, 6) is 0.869. The van der Waals surface area contributed by atoms with Crippen LogP contribution in [0.4, 0.5) is 5.69 Å². The molecule has 1 aliphatic heterocycles. The molecule has 1 fully saturated rings. The van der Waals surface area contributed by atoms with Crippen molar-refractivity contribution < 1.29 is 4.74 Å². The first kappa shape index (κ1) is 13.0. The lowest BCUT2D eigenvalue weighted by molar-refractivity contribution is 0.415. The van der Waals surface area contributed by atoms with E-state index in [1.807, 2.05) is 18.3 Å². The Morgan fingerprint density at radius 2 is 2.00 bits per heavy atom. The number of nitrogens with one attached hydrogen (secondary N) is 2. The van der Waals surface area contributed by atoms with E-state index in [9.17, 15) is 0 Å². The molecule has 0 aliphatic carbocycles. The predicted molar refractivity (Wildman–Crippen MR) is 80.3 cm³/mol. The van der Waals surface area contributed by atoms with Gasteiger partial charge in [0, 0.05) is 25.2 Å². The SMILES string of the molecule is COc1ccc(-c2[nH]ncc2N2CCCNCC2)cc1. The standard InChI is InChI=1S/C15H20N4O/c1-20-13-5-3-12(4-6-13)15-14(11-17-18-15)19-9-2-7-16-8-10-19/h3-6,11,16H,2,7-10H2,1H3,(H,17,18). The van der Waals surface area contributed by atoms with Crippen molar-refractivity contribution in [2.24, 2.45) is 0 Å². The van der Waals surface area contributed by atoms with Gasteiger partial charge in [-0.05, 0) is 37.2 Å². The van der Waals surface area contributed by atoms with Crippen molar-refractivity contribution in [2.75, 3.05) is 38.2 Å². The number of methoxy groups -OCH3 is 1. The molecule has 1 saturated heterocycles. The Balaban J connectivity index is 1.88. The van der Waals surface area contributed by atoms with Crippen LogP contribution in [0.25, 0.3) is 11.3 Å². The van der Waals surface area contributed by atoms with E-state index in [2.05, 4.69) is 32.5 Å². The lowest BCUT2D eigenvalue weighted by Crippen LogP contribution is -2.27. The summed E-state index contributed by atoms with van der Waals surface area (Å²) in [6, 6.07) is 8.08. The minimum absolute atomic E-state index is 0.869. The fourth-order valence-corrected chi connectivity index (χ4v) is 2.58. The summed E-state index contributed by atoms with van der Waals surface area (Å²) < 4.78 is 5.21. The summed E-state index contributed by atoms with van der Waals surface area (Å²) in [5, 5.41) is 10.8. The van der Waals surface area contributed by atoms with E-state index in [1.165, 1.54) is 5.69 Å². The van der Waals surface area contributed by atoms with Crippen LogP contribution < -0.4 is 15.0 Å². The minimum Gasteiger partial charge on any atom is -0.497 e. The van der Waals surface area contributed by atoms with E-state index >= 15 is 0 Å². The summed E-state index contributed by atoms with van der Waals surface area (Å²) in [6.07, 6.45) is 3.08. The number of benzene rings is 1. The molecule has 20 heavy (non-hydrogen) atoms. The molecule has 0 amide bonds. The number of aromatic nitrogens is 2. The van der Waals surface area contributed by atoms with Gasteiger partial charge in [0.15, 0.2) is 0 Å². The normalized spacial score (nSPS) is 15.9. The van der Waals surface area contributed by atoms with Crippen molar-refractivity contribution in [3.8, 4) is 17.0 Å². The Kier molecular flexibility index (Phi) is 3.87. The number of hydrogen-bond donors (Lipinski definition) is 2. The molecule has 1 aromatic carbocycles. The molecule has 5 nitrogen and oxygen atoms in total. The molecule has 0 radical (unpaired) electrons. The number of anilines is 1. The van der Waals surface area contributed by atoms with Crippen molar-refractivity contribution in [3.05, 3.63) is 30.5 Å². The molecule has 0 bridgehead atoms. The van der Waals surface area contributed by atoms with Crippen molar-refractivity contribution in [1.29, 1.82) is 0 Å². The maximum absolute atomic E-state index is 5.21. The van der Waals surface area contributed by atoms with Gasteiger partial charge in [0.2, 0.25) is 0 Å². The molecule has 2 aromatic rings. The number of H-pyrrole nitrogens is 1. The predicted octanol–water partition coefficient (Wildman–Crippen LogP) is 1.88. The second-order valence-electron chi connectivity index (χ2n) is 4.95. The fraction of sp³-hybridized carbons (Fsp3) is 0.400. The summed E-state index contributed by atoms with van der Waals surface area (Å²) in [5.41, 5.74) is 3.39. The molecule has 3 rings (SSSR count). The third-order valence-electron chi connectivity index (χ3n) is 3.68. The molecule has 2 N–H and O–H groups in total. The first-order valence-corrected chi connectivity index (χ1v) is 7.02. The van der Waals surface area contributed by atoms with Crippen LogP contribution in [0.15, 0.2) is 30.5 Å². The van der Waals surface area contributed by atoms with Gasteiger partial charge in [-0.15, -0.1) is 0 Å². The molecular formula is C15H20N4O. The third-order valence-corrected chi connectivity index (χ3v) is 3.68. The highest BCUT2D eigenvalue weighted by Gasteiger charge is 2.16. The Morgan fingerprint density at radius 3 is 2.80 bits per heavy atom. The van der Waals surface area contributed by atoms with Crippen LogP contribution in [0.5, 0.6) is 5.75 Å². The molecule has 0 unspecified atom stereocenters. The van der Waals surface area contributed by atoms with Gasteiger partial charge in [-0.25, -0.2) is 0 Å². The number of ether oxygens (including phenoxy) is 1. The Morgan fingerprint density at radius 1 is 1.15 bits per heavy atom. The van der Waals surface area contributed by atoms with E-state index in [1.54, 1.807) is 7.11 Å². The topological polar surface area (TPSA) is 53.2 Å². The van der Waals surface area contributed by atoms with Gasteiger partial charge >= 0.3 is 0 Å². The molecule has 1 aromatic heterocycles. The van der Waals surface area contributed by atoms with Gasteiger partial charge in [-0.3, -0.25) is 5.10 Å². The maximum Gasteiger partial charge on any atom is 0.118 e. The number of aromatic amines is 1. The Labute approximate surface area is 118 Å². The van der Waals surface area contributed by atoms with Crippen LogP contribution in [-0.2, 0) is 0 Å². The number of hydrogen-bond acceptors (Lipinski definition) is 4. The van der Waals surface area contributed by atoms with Crippen molar-refractivity contribution >= 4 is 5.69 Å². The van der Waals surface area contributed by atoms with E-state index < -0.39 is 0 Å². The van der Waals surface area contributed by atoms with Crippen molar-refractivity contribution in [3.63, 3.8) is 0 Å². The highest BCUT2D eigenvalue weighted by molar-refractivity contribution is 5.75. The smallest absolute Gasteiger partial charge is 0.118 e. The molecule has 5 heteroatoms. The average molecular weight is 272 g/mol. The number of rotatable bonds is 3. The average Bonchev–Trinajstić information content (AvgIpc) is 2.83. The lowest BCUT2D eigenvalue weighted by Gasteiger charge is -2.21. The van der Waals surface area contributed by atoms with E-state index in [0.29, 0.717) is 0 Å². The first-order valence-electron chi connectivity index (χ1n) is 7.02. The molecule has 0 saturated carbocycles. The van der Waals surface area contributed by atoms with Gasteiger partial charge < -0.3 is 15.0 Å². The quantitative estimate of drug-likeness (QED) is 0.896. The molecular weight excluding hydrogens is 252 g/mol. The third kappa shape index (κ3) is 2.63. The van der Waals surface area contributed by atoms with Crippen LogP contribution in [0.3, 0.4) is 0 Å². The second kappa shape index (κ2) is 5.96. The van der Waals surface area contributed by atoms with Crippen LogP contribution in [-0.4, -0.2) is 43.5 Å². The van der Waals surface area contributed by atoms with Crippen LogP contribution in [0.2, 0.25) is 0 Å². The molecule has 0 spiro atoms. The zero-order valence-electron chi connectivity index (χ0n) is 11.7. The van der Waals surface area contributed by atoms with E-state index in [-0.39, 0.29) is 0 Å². The monoisotopic (exact) mass is 272 g/mol. The minimum atomic E-state index is 0.869. The van der Waals surface area contributed by atoms with Gasteiger partial charge in [0.05, 0.1) is 24.7 Å². The highest BCUT2D eigenvalue weighted by atomic mass is 16.5. The summed E-state index contributed by atoms with van der Waals surface area (Å²) in [6.45, 7) is 4.19. The van der Waals surface area contributed by atoms with Crippen LogP contribution >= 0.6 is 0 Å². The maximum atomic E-state index is 5.21. The Hall–Kier alpha value is -2.01. The van der Waals surface area contributed by atoms with E-state index in [0.717, 1.165) is 49.6 Å². The van der Waals surface area contributed by atoms with Crippen LogP contribution in [0.1, 0.15) is 6.42 Å². The van der Waals surface area contributed by atoms with Crippen molar-refractivity contribution in [2.45, 2.75) is 6.42 Å². The number of nitrogens with zero attached hydrogens (tertiary/aromatic N) is 2. The van der Waals surface area contributed by atoms with Gasteiger partial charge in [0.25, 0.3) is 0 Å². The lowest BCUT2D eigenvalue weighted by atomic mass is 10.1. The Bertz CT molecular complexity index is 541. The molecule has 1 aliphatic rings. The first-order chi connectivity index (χ1) is 9.88. The van der Waals surface area contributed by atoms with E-state index in [4.69, 9.17) is 4.74 Å². The highest BCUT2D eigenvalue weighted by Crippen LogP contribution is 2.30. The van der Waals surface area contributed by atoms with Gasteiger partial charge in [-0.1, -0.05) is 0 Å². The van der Waals surface area contributed by atoms with Gasteiger partial charge in [0.1, 0.15) is 5.75 Å². The molecule has 106 valence electrons. The van der Waals surface area contributed by atoms with Gasteiger partial charge in [-0.2, -0.15) is 5.10 Å². The second-order valence-corrected chi connectivity index (χ2v) is 4.95. The summed E-state index contributed by atoms with van der Waals surface area (Å²) >= 11 is 0. The summed E-state index contributed by atoms with van der Waals surface area (Å²) in [7, 11) is 1.68. The fourth-order valence-electron chi connectivity index (χ4n) is 2.58. The van der Waals surface area contributed by atoms with Crippen LogP contribution in [0, 0.1) is 0 Å². The largest absolute Gasteiger partial charge is 0.497 e.